The molecular formula is C19H20FN5OS. The van der Waals surface area contributed by atoms with Gasteiger partial charge in [-0.25, -0.2) is 4.39 Å². The molecule has 1 aromatic heterocycles. The Balaban J connectivity index is 1.59. The van der Waals surface area contributed by atoms with Gasteiger partial charge in [-0.15, -0.1) is 5.10 Å². The normalized spacial score (nSPS) is 10.8. The lowest BCUT2D eigenvalue weighted by Crippen LogP contribution is -2.24. The van der Waals surface area contributed by atoms with Gasteiger partial charge in [0.2, 0.25) is 11.1 Å². The Labute approximate surface area is 161 Å². The maximum absolute atomic E-state index is 13.3. The van der Waals surface area contributed by atoms with Crippen LogP contribution in [0.2, 0.25) is 0 Å². The van der Waals surface area contributed by atoms with Gasteiger partial charge in [-0.1, -0.05) is 41.6 Å². The second-order valence-electron chi connectivity index (χ2n) is 6.31. The number of rotatable bonds is 6. The third-order valence-corrected chi connectivity index (χ3v) is 4.99. The van der Waals surface area contributed by atoms with Crippen LogP contribution in [-0.4, -0.2) is 31.9 Å². The molecule has 0 radical (unpaired) electrons. The molecule has 0 aliphatic heterocycles. The highest BCUT2D eigenvalue weighted by molar-refractivity contribution is 7.99. The van der Waals surface area contributed by atoms with Crippen molar-refractivity contribution in [1.29, 1.82) is 0 Å². The van der Waals surface area contributed by atoms with E-state index in [0.29, 0.717) is 17.3 Å². The van der Waals surface area contributed by atoms with Gasteiger partial charge in [0.25, 0.3) is 0 Å². The number of halogens is 1. The van der Waals surface area contributed by atoms with Crippen molar-refractivity contribution in [2.24, 2.45) is 0 Å². The molecule has 0 bridgehead atoms. The van der Waals surface area contributed by atoms with Gasteiger partial charge >= 0.3 is 0 Å². The lowest BCUT2D eigenvalue weighted by Gasteiger charge is -2.09. The largest absolute Gasteiger partial charge is 0.351 e. The number of tetrazole rings is 1. The van der Waals surface area contributed by atoms with Crippen LogP contribution < -0.4 is 5.32 Å². The first-order chi connectivity index (χ1) is 12.9. The van der Waals surface area contributed by atoms with E-state index in [1.165, 1.54) is 17.8 Å². The summed E-state index contributed by atoms with van der Waals surface area (Å²) in [6.45, 7) is 6.07. The van der Waals surface area contributed by atoms with Gasteiger partial charge in [-0.3, -0.25) is 4.79 Å². The van der Waals surface area contributed by atoms with Crippen molar-refractivity contribution in [2.45, 2.75) is 32.5 Å². The second-order valence-corrected chi connectivity index (χ2v) is 7.25. The molecule has 1 heterocycles. The molecule has 2 aromatic carbocycles. The fraction of sp³-hybridized carbons (Fsp3) is 0.263. The molecule has 0 atom stereocenters. The topological polar surface area (TPSA) is 72.7 Å². The molecule has 3 rings (SSSR count). The van der Waals surface area contributed by atoms with E-state index in [1.807, 2.05) is 26.0 Å². The third kappa shape index (κ3) is 4.71. The van der Waals surface area contributed by atoms with Crippen molar-refractivity contribution in [1.82, 2.24) is 25.5 Å². The van der Waals surface area contributed by atoms with Gasteiger partial charge < -0.3 is 5.32 Å². The van der Waals surface area contributed by atoms with Crippen LogP contribution in [0.4, 0.5) is 4.39 Å². The van der Waals surface area contributed by atoms with E-state index in [-0.39, 0.29) is 17.5 Å². The maximum atomic E-state index is 13.3. The monoisotopic (exact) mass is 385 g/mol. The molecule has 0 spiro atoms. The summed E-state index contributed by atoms with van der Waals surface area (Å²) in [5.74, 6) is -0.207. The zero-order valence-electron chi connectivity index (χ0n) is 15.4. The number of carbonyl (C=O) groups excluding carboxylic acids is 1. The number of hydrogen-bond acceptors (Lipinski definition) is 5. The minimum absolute atomic E-state index is 0.142. The van der Waals surface area contributed by atoms with Crippen molar-refractivity contribution >= 4 is 17.7 Å². The Kier molecular flexibility index (Phi) is 5.85. The molecule has 6 nitrogen and oxygen atoms in total. The van der Waals surface area contributed by atoms with Gasteiger partial charge in [-0.05, 0) is 60.0 Å². The van der Waals surface area contributed by atoms with E-state index >= 15 is 0 Å². The molecule has 0 aliphatic carbocycles. The molecular weight excluding hydrogens is 365 g/mol. The smallest absolute Gasteiger partial charge is 0.230 e. The van der Waals surface area contributed by atoms with Crippen molar-refractivity contribution in [3.63, 3.8) is 0 Å². The number of hydrogen-bond donors (Lipinski definition) is 1. The SMILES string of the molecule is Cc1ccc(-n2nnnc2SCC(=O)NCc2ccc(F)c(C)c2)c(C)c1. The zero-order valence-corrected chi connectivity index (χ0v) is 16.2. The number of aryl methyl sites for hydroxylation is 3. The Morgan fingerprint density at radius 3 is 2.70 bits per heavy atom. The van der Waals surface area contributed by atoms with E-state index in [1.54, 1.807) is 23.7 Å². The lowest BCUT2D eigenvalue weighted by molar-refractivity contribution is -0.118. The summed E-state index contributed by atoms with van der Waals surface area (Å²) in [7, 11) is 0. The van der Waals surface area contributed by atoms with Gasteiger partial charge in [0.05, 0.1) is 11.4 Å². The van der Waals surface area contributed by atoms with Crippen molar-refractivity contribution < 1.29 is 9.18 Å². The van der Waals surface area contributed by atoms with Crippen LogP contribution in [0.15, 0.2) is 41.6 Å². The Morgan fingerprint density at radius 1 is 1.15 bits per heavy atom. The number of benzene rings is 2. The van der Waals surface area contributed by atoms with Crippen molar-refractivity contribution in [2.75, 3.05) is 5.75 Å². The van der Waals surface area contributed by atoms with E-state index in [0.717, 1.165) is 22.4 Å². The fourth-order valence-electron chi connectivity index (χ4n) is 2.66. The first-order valence-electron chi connectivity index (χ1n) is 8.44. The molecule has 8 heteroatoms. The minimum Gasteiger partial charge on any atom is -0.351 e. The molecule has 1 N–H and O–H groups in total. The van der Waals surface area contributed by atoms with Crippen LogP contribution in [0.25, 0.3) is 5.69 Å². The number of nitrogens with one attached hydrogen (secondary N) is 1. The summed E-state index contributed by atoms with van der Waals surface area (Å²) in [5.41, 5.74) is 4.51. The summed E-state index contributed by atoms with van der Waals surface area (Å²) in [4.78, 5) is 12.1. The van der Waals surface area contributed by atoms with Crippen LogP contribution in [0.5, 0.6) is 0 Å². The molecule has 0 aliphatic rings. The zero-order chi connectivity index (χ0) is 19.4. The molecule has 0 unspecified atom stereocenters. The number of carbonyl (C=O) groups is 1. The average Bonchev–Trinajstić information content (AvgIpc) is 3.09. The van der Waals surface area contributed by atoms with Gasteiger partial charge in [0.1, 0.15) is 5.82 Å². The highest BCUT2D eigenvalue weighted by Crippen LogP contribution is 2.21. The standard InChI is InChI=1S/C19H20FN5OS/c1-12-4-7-17(14(3)8-12)25-19(22-23-24-25)27-11-18(26)21-10-15-5-6-16(20)13(2)9-15/h4-9H,10-11H2,1-3H3,(H,21,26). The predicted molar refractivity (Wildman–Crippen MR) is 102 cm³/mol. The summed E-state index contributed by atoms with van der Waals surface area (Å²) in [5, 5.41) is 15.1. The molecule has 140 valence electrons. The molecule has 0 saturated carbocycles. The van der Waals surface area contributed by atoms with E-state index in [4.69, 9.17) is 0 Å². The summed E-state index contributed by atoms with van der Waals surface area (Å²) < 4.78 is 14.9. The van der Waals surface area contributed by atoms with Crippen LogP contribution in [0.1, 0.15) is 22.3 Å². The van der Waals surface area contributed by atoms with Crippen molar-refractivity contribution in [3.05, 3.63) is 64.5 Å². The van der Waals surface area contributed by atoms with Gasteiger partial charge in [0.15, 0.2) is 0 Å². The first-order valence-corrected chi connectivity index (χ1v) is 9.43. The number of nitrogens with zero attached hydrogens (tertiary/aromatic N) is 4. The van der Waals surface area contributed by atoms with Gasteiger partial charge in [0, 0.05) is 6.54 Å². The van der Waals surface area contributed by atoms with Crippen LogP contribution >= 0.6 is 11.8 Å². The van der Waals surface area contributed by atoms with E-state index < -0.39 is 0 Å². The van der Waals surface area contributed by atoms with Crippen LogP contribution in [-0.2, 0) is 11.3 Å². The lowest BCUT2D eigenvalue weighted by atomic mass is 10.1. The quantitative estimate of drug-likeness (QED) is 0.660. The predicted octanol–water partition coefficient (Wildman–Crippen LogP) is 3.14. The number of aromatic nitrogens is 4. The summed E-state index contributed by atoms with van der Waals surface area (Å²) >= 11 is 1.27. The van der Waals surface area contributed by atoms with Crippen molar-refractivity contribution in [3.8, 4) is 5.69 Å². The highest BCUT2D eigenvalue weighted by atomic mass is 32.2. The highest BCUT2D eigenvalue weighted by Gasteiger charge is 2.13. The molecule has 1 amide bonds. The molecule has 27 heavy (non-hydrogen) atoms. The molecule has 0 saturated heterocycles. The fourth-order valence-corrected chi connectivity index (χ4v) is 3.38. The Hall–Kier alpha value is -2.74. The van der Waals surface area contributed by atoms with Crippen LogP contribution in [0, 0.1) is 26.6 Å². The van der Waals surface area contributed by atoms with Crippen LogP contribution in [0.3, 0.4) is 0 Å². The van der Waals surface area contributed by atoms with E-state index in [2.05, 4.69) is 26.9 Å². The third-order valence-electron chi connectivity index (χ3n) is 4.07. The number of amides is 1. The Morgan fingerprint density at radius 2 is 1.96 bits per heavy atom. The molecule has 0 fully saturated rings. The van der Waals surface area contributed by atoms with E-state index in [9.17, 15) is 9.18 Å². The first kappa shape index (κ1) is 19.0. The Bertz CT molecular complexity index is 972. The average molecular weight is 385 g/mol. The summed E-state index contributed by atoms with van der Waals surface area (Å²) in [6, 6.07) is 10.8. The summed E-state index contributed by atoms with van der Waals surface area (Å²) in [6.07, 6.45) is 0. The maximum Gasteiger partial charge on any atom is 0.230 e. The second kappa shape index (κ2) is 8.30. The van der Waals surface area contributed by atoms with Gasteiger partial charge in [-0.2, -0.15) is 4.68 Å². The minimum atomic E-state index is -0.251. The molecule has 3 aromatic rings. The number of thioether (sulfide) groups is 1.